The first-order valence-electron chi connectivity index (χ1n) is 10.9. The van der Waals surface area contributed by atoms with E-state index in [0.717, 1.165) is 10.7 Å². The molecule has 0 aliphatic carbocycles. The highest BCUT2D eigenvalue weighted by molar-refractivity contribution is 7.98. The number of nitrogens with zero attached hydrogens (tertiary/aromatic N) is 5. The Morgan fingerprint density at radius 2 is 1.97 bits per heavy atom. The molecule has 1 aliphatic rings. The van der Waals surface area contributed by atoms with Crippen LogP contribution in [-0.4, -0.2) is 55.9 Å². The molecule has 1 saturated heterocycles. The number of furan rings is 1. The maximum absolute atomic E-state index is 13.0. The number of amides is 1. The number of rotatable bonds is 6. The molecule has 12 heteroatoms. The van der Waals surface area contributed by atoms with Crippen LogP contribution in [0.2, 0.25) is 10.0 Å². The zero-order chi connectivity index (χ0) is 24.5. The molecule has 1 fully saturated rings. The van der Waals surface area contributed by atoms with Gasteiger partial charge in [-0.1, -0.05) is 35.0 Å². The van der Waals surface area contributed by atoms with Gasteiger partial charge in [0.05, 0.1) is 40.0 Å². The van der Waals surface area contributed by atoms with Gasteiger partial charge in [0.2, 0.25) is 5.82 Å². The van der Waals surface area contributed by atoms with E-state index >= 15 is 0 Å². The average Bonchev–Trinajstić information content (AvgIpc) is 3.59. The van der Waals surface area contributed by atoms with Gasteiger partial charge in [-0.15, -0.1) is 21.5 Å². The fourth-order valence-electron chi connectivity index (χ4n) is 3.89. The highest BCUT2D eigenvalue weighted by Crippen LogP contribution is 2.33. The molecule has 4 heterocycles. The van der Waals surface area contributed by atoms with Gasteiger partial charge in [-0.25, -0.2) is 4.98 Å². The molecule has 4 aromatic rings. The highest BCUT2D eigenvalue weighted by Gasteiger charge is 2.28. The van der Waals surface area contributed by atoms with E-state index in [1.54, 1.807) is 34.7 Å². The van der Waals surface area contributed by atoms with Crippen molar-refractivity contribution < 1.29 is 13.9 Å². The summed E-state index contributed by atoms with van der Waals surface area (Å²) in [6.45, 7) is 5.07. The third kappa shape index (κ3) is 5.26. The van der Waals surface area contributed by atoms with Crippen molar-refractivity contribution >= 4 is 52.2 Å². The van der Waals surface area contributed by atoms with E-state index in [4.69, 9.17) is 32.4 Å². The van der Waals surface area contributed by atoms with Gasteiger partial charge in [-0.3, -0.25) is 9.36 Å². The Morgan fingerprint density at radius 1 is 1.17 bits per heavy atom. The van der Waals surface area contributed by atoms with Gasteiger partial charge in [0.25, 0.3) is 5.91 Å². The molecule has 0 radical (unpaired) electrons. The Bertz CT molecular complexity index is 1330. The Balaban J connectivity index is 1.36. The third-order valence-corrected chi connectivity index (χ3v) is 8.05. The minimum atomic E-state index is -0.0708. The van der Waals surface area contributed by atoms with Crippen LogP contribution < -0.4 is 0 Å². The molecule has 2 unspecified atom stereocenters. The van der Waals surface area contributed by atoms with E-state index in [-0.39, 0.29) is 18.1 Å². The van der Waals surface area contributed by atoms with Crippen LogP contribution >= 0.6 is 46.3 Å². The molecule has 35 heavy (non-hydrogen) atoms. The standard InChI is InChI=1S/C23H21Cl2N5O3S2/c1-13-9-29(10-14(2)33-13)22(31)18-11-34-20(26-18)12-35-23-28-27-21(19-4-3-7-32-19)30(23)15-5-6-16(24)17(25)8-15/h3-8,11,13-14H,9-10,12H2,1-2H3. The summed E-state index contributed by atoms with van der Waals surface area (Å²) >= 11 is 15.3. The van der Waals surface area contributed by atoms with Crippen LogP contribution in [0.5, 0.6) is 0 Å². The first-order chi connectivity index (χ1) is 16.9. The van der Waals surface area contributed by atoms with E-state index in [2.05, 4.69) is 15.2 Å². The smallest absolute Gasteiger partial charge is 0.273 e. The zero-order valence-corrected chi connectivity index (χ0v) is 22.0. The Morgan fingerprint density at radius 3 is 2.69 bits per heavy atom. The lowest BCUT2D eigenvalue weighted by molar-refractivity contribution is -0.0587. The molecule has 0 saturated carbocycles. The molecule has 1 aromatic carbocycles. The Labute approximate surface area is 220 Å². The van der Waals surface area contributed by atoms with E-state index in [0.29, 0.717) is 51.3 Å². The van der Waals surface area contributed by atoms with Crippen molar-refractivity contribution in [1.82, 2.24) is 24.6 Å². The summed E-state index contributed by atoms with van der Waals surface area (Å²) in [5.41, 5.74) is 1.21. The predicted octanol–water partition coefficient (Wildman–Crippen LogP) is 5.83. The van der Waals surface area contributed by atoms with Gasteiger partial charge in [0.15, 0.2) is 10.9 Å². The number of hydrogen-bond acceptors (Lipinski definition) is 8. The van der Waals surface area contributed by atoms with Crippen molar-refractivity contribution in [1.29, 1.82) is 0 Å². The molecule has 1 aliphatic heterocycles. The SMILES string of the molecule is CC1CN(C(=O)c2csc(CSc3nnc(-c4ccco4)n3-c3ccc(Cl)c(Cl)c3)n2)CC(C)O1. The van der Waals surface area contributed by atoms with Crippen LogP contribution in [-0.2, 0) is 10.5 Å². The van der Waals surface area contributed by atoms with Crippen LogP contribution in [0.3, 0.4) is 0 Å². The predicted molar refractivity (Wildman–Crippen MR) is 137 cm³/mol. The van der Waals surface area contributed by atoms with Crippen LogP contribution in [0.1, 0.15) is 29.3 Å². The molecule has 5 rings (SSSR count). The lowest BCUT2D eigenvalue weighted by Crippen LogP contribution is -2.48. The number of thiazole rings is 1. The number of morpholine rings is 1. The molecule has 0 N–H and O–H groups in total. The van der Waals surface area contributed by atoms with Crippen LogP contribution in [0.25, 0.3) is 17.3 Å². The summed E-state index contributed by atoms with van der Waals surface area (Å²) in [7, 11) is 0. The summed E-state index contributed by atoms with van der Waals surface area (Å²) in [5, 5.41) is 12.9. The molecule has 8 nitrogen and oxygen atoms in total. The van der Waals surface area contributed by atoms with Crippen LogP contribution in [0.15, 0.2) is 51.5 Å². The van der Waals surface area contributed by atoms with Crippen molar-refractivity contribution in [2.75, 3.05) is 13.1 Å². The van der Waals surface area contributed by atoms with Gasteiger partial charge >= 0.3 is 0 Å². The topological polar surface area (TPSA) is 86.3 Å². The number of ether oxygens (including phenoxy) is 1. The summed E-state index contributed by atoms with van der Waals surface area (Å²) in [6, 6.07) is 8.94. The molecule has 2 atom stereocenters. The monoisotopic (exact) mass is 549 g/mol. The summed E-state index contributed by atoms with van der Waals surface area (Å²) < 4.78 is 13.2. The lowest BCUT2D eigenvalue weighted by Gasteiger charge is -2.34. The van der Waals surface area contributed by atoms with Gasteiger partial charge in [-0.2, -0.15) is 0 Å². The second-order valence-electron chi connectivity index (χ2n) is 8.10. The first kappa shape index (κ1) is 24.3. The quantitative estimate of drug-likeness (QED) is 0.279. The lowest BCUT2D eigenvalue weighted by atomic mass is 10.2. The normalized spacial score (nSPS) is 18.2. The molecule has 0 bridgehead atoms. The maximum Gasteiger partial charge on any atom is 0.273 e. The second kappa shape index (κ2) is 10.3. The van der Waals surface area contributed by atoms with Crippen LogP contribution in [0, 0.1) is 0 Å². The summed E-state index contributed by atoms with van der Waals surface area (Å²) in [6.07, 6.45) is 1.60. The minimum Gasteiger partial charge on any atom is -0.461 e. The number of benzene rings is 1. The Hall–Kier alpha value is -2.37. The molecule has 1 amide bonds. The van der Waals surface area contributed by atoms with Crippen LogP contribution in [0.4, 0.5) is 0 Å². The molecule has 0 spiro atoms. The largest absolute Gasteiger partial charge is 0.461 e. The third-order valence-electron chi connectivity index (χ3n) is 5.34. The second-order valence-corrected chi connectivity index (χ2v) is 10.8. The number of aromatic nitrogens is 4. The average molecular weight is 550 g/mol. The van der Waals surface area contributed by atoms with Crippen molar-refractivity contribution in [2.45, 2.75) is 37.0 Å². The van der Waals surface area contributed by atoms with Gasteiger partial charge in [0.1, 0.15) is 10.7 Å². The fraction of sp³-hybridized carbons (Fsp3) is 0.304. The number of halogens is 2. The van der Waals surface area contributed by atoms with E-state index in [9.17, 15) is 4.79 Å². The molecule has 182 valence electrons. The molecular weight excluding hydrogens is 529 g/mol. The van der Waals surface area contributed by atoms with Gasteiger partial charge < -0.3 is 14.1 Å². The Kier molecular flexibility index (Phi) is 7.17. The fourth-order valence-corrected chi connectivity index (χ4v) is 5.92. The van der Waals surface area contributed by atoms with Crippen molar-refractivity contribution in [3.8, 4) is 17.3 Å². The number of carbonyl (C=O) groups excluding carboxylic acids is 1. The number of thioether (sulfide) groups is 1. The first-order valence-corrected chi connectivity index (χ1v) is 13.5. The summed E-state index contributed by atoms with van der Waals surface area (Å²) in [4.78, 5) is 19.4. The van der Waals surface area contributed by atoms with E-state index in [1.165, 1.54) is 23.1 Å². The zero-order valence-electron chi connectivity index (χ0n) is 18.9. The minimum absolute atomic E-state index is 0.00690. The molecule has 3 aromatic heterocycles. The van der Waals surface area contributed by atoms with Crippen molar-refractivity contribution in [3.63, 3.8) is 0 Å². The molecular formula is C23H21Cl2N5O3S2. The summed E-state index contributed by atoms with van der Waals surface area (Å²) in [5.74, 6) is 1.57. The van der Waals surface area contributed by atoms with E-state index in [1.807, 2.05) is 30.5 Å². The van der Waals surface area contributed by atoms with E-state index < -0.39 is 0 Å². The highest BCUT2D eigenvalue weighted by atomic mass is 35.5. The van der Waals surface area contributed by atoms with Crippen molar-refractivity contribution in [2.24, 2.45) is 0 Å². The van der Waals surface area contributed by atoms with Gasteiger partial charge in [-0.05, 0) is 44.2 Å². The number of carbonyl (C=O) groups is 1. The maximum atomic E-state index is 13.0. The van der Waals surface area contributed by atoms with Gasteiger partial charge in [0, 0.05) is 18.5 Å². The van der Waals surface area contributed by atoms with Crippen molar-refractivity contribution in [3.05, 3.63) is 62.7 Å². The number of hydrogen-bond donors (Lipinski definition) is 0.